The summed E-state index contributed by atoms with van der Waals surface area (Å²) in [5.74, 6) is 1.01. The number of nitrogens with zero attached hydrogens (tertiary/aromatic N) is 4. The largest absolute Gasteiger partial charge is 0.455 e. The summed E-state index contributed by atoms with van der Waals surface area (Å²) in [6.45, 7) is 0. The summed E-state index contributed by atoms with van der Waals surface area (Å²) in [6, 6.07) is 27.7. The molecule has 172 valence electrons. The molecule has 0 aliphatic carbocycles. The number of hydrogen-bond acceptors (Lipinski definition) is 5. The quantitative estimate of drug-likeness (QED) is 0.219. The molecule has 0 saturated carbocycles. The van der Waals surface area contributed by atoms with E-state index in [0.29, 0.717) is 27.4 Å². The predicted molar refractivity (Wildman–Crippen MR) is 136 cm³/mol. The number of carbonyl (C=O) groups is 1. The molecule has 0 aliphatic heterocycles. The average molecular weight is 502 g/mol. The second kappa shape index (κ2) is 9.97. The molecule has 0 saturated heterocycles. The van der Waals surface area contributed by atoms with Crippen LogP contribution < -0.4 is 5.43 Å². The van der Waals surface area contributed by atoms with Crippen LogP contribution in [0.25, 0.3) is 28.4 Å². The van der Waals surface area contributed by atoms with E-state index in [0.717, 1.165) is 16.8 Å². The Labute approximate surface area is 210 Å². The van der Waals surface area contributed by atoms with Crippen molar-refractivity contribution in [2.75, 3.05) is 0 Å². The lowest BCUT2D eigenvalue weighted by molar-refractivity contribution is 0.0945. The van der Waals surface area contributed by atoms with Crippen LogP contribution in [0.15, 0.2) is 101 Å². The van der Waals surface area contributed by atoms with Crippen molar-refractivity contribution in [2.24, 2.45) is 5.10 Å². The number of hydrazone groups is 1. The number of hydrogen-bond donors (Lipinski definition) is 1. The lowest BCUT2D eigenvalue weighted by Gasteiger charge is -2.05. The van der Waals surface area contributed by atoms with E-state index in [1.165, 1.54) is 6.21 Å². The topological polar surface area (TPSA) is 85.3 Å². The first-order valence-corrected chi connectivity index (χ1v) is 11.3. The minimum Gasteiger partial charge on any atom is -0.455 e. The number of aromatic nitrogens is 3. The van der Waals surface area contributed by atoms with E-state index in [-0.39, 0.29) is 5.82 Å². The number of amides is 1. The molecule has 0 unspecified atom stereocenters. The monoisotopic (exact) mass is 501 g/mol. The lowest BCUT2D eigenvalue weighted by atomic mass is 10.2. The van der Waals surface area contributed by atoms with Gasteiger partial charge in [-0.15, -0.1) is 5.10 Å². The van der Waals surface area contributed by atoms with E-state index in [1.807, 2.05) is 60.7 Å². The maximum absolute atomic E-state index is 12.7. The molecule has 2 heterocycles. The van der Waals surface area contributed by atoms with Crippen LogP contribution >= 0.6 is 23.2 Å². The van der Waals surface area contributed by atoms with E-state index < -0.39 is 5.91 Å². The fraction of sp³-hybridized carbons (Fsp3) is 0. The number of para-hydroxylation sites is 1. The van der Waals surface area contributed by atoms with E-state index >= 15 is 0 Å². The highest BCUT2D eigenvalue weighted by molar-refractivity contribution is 6.42. The molecule has 0 aliphatic rings. The maximum Gasteiger partial charge on any atom is 0.311 e. The van der Waals surface area contributed by atoms with E-state index in [2.05, 4.69) is 20.6 Å². The molecule has 0 fully saturated rings. The Kier molecular flexibility index (Phi) is 6.43. The predicted octanol–water partition coefficient (Wildman–Crippen LogP) is 6.27. The van der Waals surface area contributed by atoms with Gasteiger partial charge in [0, 0.05) is 11.1 Å². The van der Waals surface area contributed by atoms with Crippen molar-refractivity contribution in [3.05, 3.63) is 113 Å². The first-order chi connectivity index (χ1) is 17.1. The minimum atomic E-state index is -0.552. The summed E-state index contributed by atoms with van der Waals surface area (Å²) >= 11 is 12.0. The minimum absolute atomic E-state index is 0.0132. The zero-order chi connectivity index (χ0) is 24.2. The van der Waals surface area contributed by atoms with Crippen LogP contribution in [-0.4, -0.2) is 26.9 Å². The summed E-state index contributed by atoms with van der Waals surface area (Å²) in [5.41, 5.74) is 4.84. The fourth-order valence-electron chi connectivity index (χ4n) is 3.36. The number of nitrogens with one attached hydrogen (secondary N) is 1. The van der Waals surface area contributed by atoms with Gasteiger partial charge in [0.05, 0.1) is 21.9 Å². The van der Waals surface area contributed by atoms with Gasteiger partial charge in [0.1, 0.15) is 11.5 Å². The highest BCUT2D eigenvalue weighted by Crippen LogP contribution is 2.29. The number of rotatable bonds is 6. The molecule has 1 amide bonds. The van der Waals surface area contributed by atoms with Gasteiger partial charge in [-0.05, 0) is 42.5 Å². The molecule has 3 aromatic carbocycles. The third-order valence-electron chi connectivity index (χ3n) is 5.03. The number of carbonyl (C=O) groups excluding carboxylic acids is 1. The molecule has 0 spiro atoms. The molecular formula is C26H17Cl2N5O2. The standard InChI is InChI=1S/C26H17Cl2N5O2/c27-21-13-11-18(15-22(21)28)23-14-12-20(35-23)16-29-31-26(34)24-30-25(17-7-3-1-4-8-17)33(32-24)19-9-5-2-6-10-19/h1-16H,(H,31,34). The third-order valence-corrected chi connectivity index (χ3v) is 5.77. The van der Waals surface area contributed by atoms with Gasteiger partial charge in [-0.25, -0.2) is 15.1 Å². The SMILES string of the molecule is O=C(NN=Cc1ccc(-c2ccc(Cl)c(Cl)c2)o1)c1nc(-c2ccccc2)n(-c2ccccc2)n1. The van der Waals surface area contributed by atoms with Crippen molar-refractivity contribution in [1.82, 2.24) is 20.2 Å². The molecule has 1 N–H and O–H groups in total. The van der Waals surface area contributed by atoms with Crippen LogP contribution in [0.2, 0.25) is 10.0 Å². The Bertz CT molecular complexity index is 1450. The first-order valence-electron chi connectivity index (χ1n) is 10.5. The van der Waals surface area contributed by atoms with Crippen molar-refractivity contribution >= 4 is 35.3 Å². The Morgan fingerprint density at radius 1 is 0.886 bits per heavy atom. The molecule has 7 nitrogen and oxygen atoms in total. The molecule has 5 aromatic rings. The normalized spacial score (nSPS) is 11.1. The van der Waals surface area contributed by atoms with Gasteiger partial charge in [-0.3, -0.25) is 4.79 Å². The van der Waals surface area contributed by atoms with Gasteiger partial charge >= 0.3 is 5.91 Å². The van der Waals surface area contributed by atoms with Crippen molar-refractivity contribution in [1.29, 1.82) is 0 Å². The Morgan fingerprint density at radius 3 is 2.37 bits per heavy atom. The summed E-state index contributed by atoms with van der Waals surface area (Å²) in [4.78, 5) is 17.2. The highest BCUT2D eigenvalue weighted by atomic mass is 35.5. The third kappa shape index (κ3) is 5.01. The summed E-state index contributed by atoms with van der Waals surface area (Å²) in [6.07, 6.45) is 1.39. The van der Waals surface area contributed by atoms with Crippen LogP contribution in [0.5, 0.6) is 0 Å². The molecule has 0 radical (unpaired) electrons. The van der Waals surface area contributed by atoms with Gasteiger partial charge in [0.25, 0.3) is 0 Å². The van der Waals surface area contributed by atoms with Gasteiger partial charge in [0.2, 0.25) is 5.82 Å². The van der Waals surface area contributed by atoms with E-state index in [4.69, 9.17) is 27.6 Å². The number of benzene rings is 3. The zero-order valence-corrected chi connectivity index (χ0v) is 19.6. The fourth-order valence-corrected chi connectivity index (χ4v) is 3.66. The highest BCUT2D eigenvalue weighted by Gasteiger charge is 2.18. The van der Waals surface area contributed by atoms with Crippen LogP contribution in [0.3, 0.4) is 0 Å². The molecule has 0 bridgehead atoms. The Balaban J connectivity index is 1.34. The maximum atomic E-state index is 12.7. The average Bonchev–Trinajstić information content (AvgIpc) is 3.55. The van der Waals surface area contributed by atoms with Gasteiger partial charge < -0.3 is 4.42 Å². The van der Waals surface area contributed by atoms with Crippen LogP contribution in [-0.2, 0) is 0 Å². The molecule has 35 heavy (non-hydrogen) atoms. The number of furan rings is 1. The first kappa shape index (κ1) is 22.6. The molecule has 9 heteroatoms. The van der Waals surface area contributed by atoms with E-state index in [9.17, 15) is 4.79 Å². The van der Waals surface area contributed by atoms with Crippen molar-refractivity contribution in [3.63, 3.8) is 0 Å². The van der Waals surface area contributed by atoms with Crippen molar-refractivity contribution in [3.8, 4) is 28.4 Å². The van der Waals surface area contributed by atoms with Crippen LogP contribution in [0.4, 0.5) is 0 Å². The van der Waals surface area contributed by atoms with Gasteiger partial charge in [-0.1, -0.05) is 71.7 Å². The second-order valence-corrected chi connectivity index (χ2v) is 8.22. The summed E-state index contributed by atoms with van der Waals surface area (Å²) in [7, 11) is 0. The summed E-state index contributed by atoms with van der Waals surface area (Å²) in [5, 5.41) is 9.29. The van der Waals surface area contributed by atoms with Crippen molar-refractivity contribution < 1.29 is 9.21 Å². The zero-order valence-electron chi connectivity index (χ0n) is 18.1. The number of halogens is 2. The smallest absolute Gasteiger partial charge is 0.311 e. The molecule has 2 aromatic heterocycles. The van der Waals surface area contributed by atoms with Crippen LogP contribution in [0.1, 0.15) is 16.4 Å². The molecular weight excluding hydrogens is 485 g/mol. The second-order valence-electron chi connectivity index (χ2n) is 7.40. The van der Waals surface area contributed by atoms with Crippen molar-refractivity contribution in [2.45, 2.75) is 0 Å². The van der Waals surface area contributed by atoms with Gasteiger partial charge in [0.15, 0.2) is 5.82 Å². The van der Waals surface area contributed by atoms with Crippen LogP contribution in [0, 0.1) is 0 Å². The van der Waals surface area contributed by atoms with E-state index in [1.54, 1.807) is 35.0 Å². The molecule has 5 rings (SSSR count). The Hall–Kier alpha value is -4.20. The molecule has 0 atom stereocenters. The lowest BCUT2D eigenvalue weighted by Crippen LogP contribution is -2.19. The summed E-state index contributed by atoms with van der Waals surface area (Å²) < 4.78 is 7.38. The Morgan fingerprint density at radius 2 is 1.63 bits per heavy atom. The van der Waals surface area contributed by atoms with Gasteiger partial charge in [-0.2, -0.15) is 5.10 Å².